The number of anilines is 3. The fourth-order valence-corrected chi connectivity index (χ4v) is 2.66. The molecule has 2 aromatic carbocycles. The first-order chi connectivity index (χ1) is 12.5. The summed E-state index contributed by atoms with van der Waals surface area (Å²) < 4.78 is 0. The molecular formula is C21H22N4O. The summed E-state index contributed by atoms with van der Waals surface area (Å²) in [4.78, 5) is 22.5. The van der Waals surface area contributed by atoms with E-state index in [4.69, 9.17) is 0 Å². The van der Waals surface area contributed by atoms with Crippen molar-refractivity contribution in [1.29, 1.82) is 0 Å². The van der Waals surface area contributed by atoms with Crippen LogP contribution in [0.25, 0.3) is 0 Å². The molecule has 26 heavy (non-hydrogen) atoms. The highest BCUT2D eigenvalue weighted by molar-refractivity contribution is 5.94. The molecule has 1 N–H and O–H groups in total. The highest BCUT2D eigenvalue weighted by atomic mass is 16.1. The predicted octanol–water partition coefficient (Wildman–Crippen LogP) is 4.37. The maximum atomic E-state index is 11.4. The number of nitrogens with one attached hydrogen (secondary N) is 1. The second-order valence-electron chi connectivity index (χ2n) is 6.29. The monoisotopic (exact) mass is 346 g/mol. The second-order valence-corrected chi connectivity index (χ2v) is 6.29. The molecule has 3 rings (SSSR count). The molecule has 0 aliphatic rings. The molecule has 0 radical (unpaired) electrons. The van der Waals surface area contributed by atoms with Gasteiger partial charge in [0, 0.05) is 36.6 Å². The van der Waals surface area contributed by atoms with E-state index in [0.29, 0.717) is 11.5 Å². The number of nitrogens with zero attached hydrogens (tertiary/aromatic N) is 3. The number of carbonyl (C=O) groups excluding carboxylic acids is 1. The molecule has 0 spiro atoms. The zero-order chi connectivity index (χ0) is 18.5. The van der Waals surface area contributed by atoms with Crippen molar-refractivity contribution in [2.75, 3.05) is 17.3 Å². The smallest absolute Gasteiger partial charge is 0.229 e. The Morgan fingerprint density at radius 1 is 1.04 bits per heavy atom. The molecule has 5 heteroatoms. The van der Waals surface area contributed by atoms with Crippen molar-refractivity contribution in [3.8, 4) is 0 Å². The van der Waals surface area contributed by atoms with Gasteiger partial charge in [0.05, 0.1) is 0 Å². The first kappa shape index (κ1) is 17.6. The highest BCUT2D eigenvalue weighted by Crippen LogP contribution is 2.19. The van der Waals surface area contributed by atoms with E-state index in [2.05, 4.69) is 32.3 Å². The molecular weight excluding hydrogens is 324 g/mol. The second kappa shape index (κ2) is 7.78. The van der Waals surface area contributed by atoms with E-state index in [1.54, 1.807) is 19.1 Å². The van der Waals surface area contributed by atoms with E-state index in [9.17, 15) is 4.79 Å². The van der Waals surface area contributed by atoms with Crippen molar-refractivity contribution in [3.63, 3.8) is 0 Å². The van der Waals surface area contributed by atoms with Crippen LogP contribution in [-0.4, -0.2) is 22.8 Å². The van der Waals surface area contributed by atoms with Crippen LogP contribution in [0.3, 0.4) is 0 Å². The summed E-state index contributed by atoms with van der Waals surface area (Å²) in [5.74, 6) is 1.44. The van der Waals surface area contributed by atoms with E-state index in [-0.39, 0.29) is 5.78 Å². The third-order valence-corrected chi connectivity index (χ3v) is 4.04. The maximum absolute atomic E-state index is 11.4. The SMILES string of the molecule is CC(=O)c1ccc(Nc2nc(C)cc(N(C)Cc3ccccc3)n2)cc1. The summed E-state index contributed by atoms with van der Waals surface area (Å²) in [6, 6.07) is 19.5. The number of hydrogen-bond acceptors (Lipinski definition) is 5. The van der Waals surface area contributed by atoms with Gasteiger partial charge in [-0.25, -0.2) is 4.98 Å². The van der Waals surface area contributed by atoms with E-state index in [1.165, 1.54) is 5.56 Å². The molecule has 0 unspecified atom stereocenters. The number of ketones is 1. The van der Waals surface area contributed by atoms with Crippen molar-refractivity contribution in [1.82, 2.24) is 9.97 Å². The summed E-state index contributed by atoms with van der Waals surface area (Å²) in [6.45, 7) is 4.27. The number of aryl methyl sites for hydroxylation is 1. The van der Waals surface area contributed by atoms with Gasteiger partial charge >= 0.3 is 0 Å². The number of benzene rings is 2. The van der Waals surface area contributed by atoms with E-state index >= 15 is 0 Å². The van der Waals surface area contributed by atoms with Crippen molar-refractivity contribution < 1.29 is 4.79 Å². The average molecular weight is 346 g/mol. The summed E-state index contributed by atoms with van der Waals surface area (Å²) in [5, 5.41) is 3.21. The fraction of sp³-hybridized carbons (Fsp3) is 0.190. The minimum absolute atomic E-state index is 0.0492. The molecule has 0 saturated heterocycles. The van der Waals surface area contributed by atoms with Crippen molar-refractivity contribution >= 4 is 23.2 Å². The number of Topliss-reactive ketones (excluding diaryl/α,β-unsaturated/α-hetero) is 1. The third-order valence-electron chi connectivity index (χ3n) is 4.04. The van der Waals surface area contributed by atoms with Gasteiger partial charge < -0.3 is 10.2 Å². The Hall–Kier alpha value is -3.21. The van der Waals surface area contributed by atoms with E-state index < -0.39 is 0 Å². The minimum atomic E-state index is 0.0492. The lowest BCUT2D eigenvalue weighted by atomic mass is 10.1. The van der Waals surface area contributed by atoms with Crippen LogP contribution >= 0.6 is 0 Å². The van der Waals surface area contributed by atoms with Gasteiger partial charge in [0.15, 0.2) is 5.78 Å². The van der Waals surface area contributed by atoms with Gasteiger partial charge in [-0.3, -0.25) is 4.79 Å². The lowest BCUT2D eigenvalue weighted by Crippen LogP contribution is -2.18. The summed E-state index contributed by atoms with van der Waals surface area (Å²) in [6.07, 6.45) is 0. The molecule has 1 aromatic heterocycles. The first-order valence-electron chi connectivity index (χ1n) is 8.50. The summed E-state index contributed by atoms with van der Waals surface area (Å²) in [5.41, 5.74) is 3.64. The molecule has 0 aliphatic heterocycles. The minimum Gasteiger partial charge on any atom is -0.355 e. The first-order valence-corrected chi connectivity index (χ1v) is 8.50. The normalized spacial score (nSPS) is 10.4. The Kier molecular flexibility index (Phi) is 5.27. The highest BCUT2D eigenvalue weighted by Gasteiger charge is 2.08. The molecule has 0 saturated carbocycles. The molecule has 0 fully saturated rings. The fourth-order valence-electron chi connectivity index (χ4n) is 2.66. The lowest BCUT2D eigenvalue weighted by Gasteiger charge is -2.19. The van der Waals surface area contributed by atoms with Crippen LogP contribution in [0, 0.1) is 6.92 Å². The van der Waals surface area contributed by atoms with Crippen LogP contribution in [0.4, 0.5) is 17.5 Å². The molecule has 132 valence electrons. The Bertz CT molecular complexity index is 892. The van der Waals surface area contributed by atoms with Crippen LogP contribution in [-0.2, 0) is 6.54 Å². The Labute approximate surface area is 153 Å². The van der Waals surface area contributed by atoms with Gasteiger partial charge in [0.25, 0.3) is 0 Å². The summed E-state index contributed by atoms with van der Waals surface area (Å²) >= 11 is 0. The topological polar surface area (TPSA) is 58.1 Å². The van der Waals surface area contributed by atoms with Crippen LogP contribution < -0.4 is 10.2 Å². The standard InChI is InChI=1S/C21H22N4O/c1-15-13-20(25(3)14-17-7-5-4-6-8-17)24-21(22-15)23-19-11-9-18(10-12-19)16(2)26/h4-13H,14H2,1-3H3,(H,22,23,24). The molecule has 0 bridgehead atoms. The maximum Gasteiger partial charge on any atom is 0.229 e. The molecule has 0 amide bonds. The molecule has 0 atom stereocenters. The van der Waals surface area contributed by atoms with E-state index in [0.717, 1.165) is 23.7 Å². The van der Waals surface area contributed by atoms with Crippen molar-refractivity contribution in [2.45, 2.75) is 20.4 Å². The Morgan fingerprint density at radius 3 is 2.38 bits per heavy atom. The third kappa shape index (κ3) is 4.45. The molecule has 3 aromatic rings. The molecule has 0 aliphatic carbocycles. The predicted molar refractivity (Wildman–Crippen MR) is 105 cm³/mol. The Morgan fingerprint density at radius 2 is 1.73 bits per heavy atom. The quantitative estimate of drug-likeness (QED) is 0.672. The van der Waals surface area contributed by atoms with Crippen molar-refractivity contribution in [2.24, 2.45) is 0 Å². The zero-order valence-electron chi connectivity index (χ0n) is 15.2. The van der Waals surface area contributed by atoms with Crippen LogP contribution in [0.15, 0.2) is 60.7 Å². The van der Waals surface area contributed by atoms with Gasteiger partial charge in [-0.15, -0.1) is 0 Å². The van der Waals surface area contributed by atoms with Gasteiger partial charge in [0.2, 0.25) is 5.95 Å². The number of rotatable bonds is 6. The zero-order valence-corrected chi connectivity index (χ0v) is 15.2. The largest absolute Gasteiger partial charge is 0.355 e. The van der Waals surface area contributed by atoms with E-state index in [1.807, 2.05) is 50.4 Å². The van der Waals surface area contributed by atoms with Crippen LogP contribution in [0.2, 0.25) is 0 Å². The molecule has 5 nitrogen and oxygen atoms in total. The Balaban J connectivity index is 1.77. The average Bonchev–Trinajstić information content (AvgIpc) is 2.62. The van der Waals surface area contributed by atoms with Gasteiger partial charge in [0.1, 0.15) is 5.82 Å². The number of hydrogen-bond donors (Lipinski definition) is 1. The number of carbonyl (C=O) groups is 1. The summed E-state index contributed by atoms with van der Waals surface area (Å²) in [7, 11) is 2.01. The molecule has 1 heterocycles. The van der Waals surface area contributed by atoms with Gasteiger partial charge in [-0.2, -0.15) is 4.98 Å². The van der Waals surface area contributed by atoms with Crippen LogP contribution in [0.5, 0.6) is 0 Å². The van der Waals surface area contributed by atoms with Gasteiger partial charge in [-0.05, 0) is 43.7 Å². The number of aromatic nitrogens is 2. The lowest BCUT2D eigenvalue weighted by molar-refractivity contribution is 0.101. The van der Waals surface area contributed by atoms with Crippen molar-refractivity contribution in [3.05, 3.63) is 77.5 Å². The van der Waals surface area contributed by atoms with Gasteiger partial charge in [-0.1, -0.05) is 30.3 Å². The van der Waals surface area contributed by atoms with Crippen LogP contribution in [0.1, 0.15) is 28.5 Å².